The number of nitrogens with zero attached hydrogens (tertiary/aromatic N) is 2. The quantitative estimate of drug-likeness (QED) is 0.860. The minimum atomic E-state index is -2.88. The van der Waals surface area contributed by atoms with Crippen molar-refractivity contribution in [3.63, 3.8) is 0 Å². The van der Waals surface area contributed by atoms with Gasteiger partial charge in [-0.15, -0.1) is 0 Å². The molecule has 0 saturated carbocycles. The summed E-state index contributed by atoms with van der Waals surface area (Å²) in [6.07, 6.45) is 3.56. The molecule has 0 aliphatic heterocycles. The number of aromatic nitrogens is 2. The summed E-state index contributed by atoms with van der Waals surface area (Å²) in [4.78, 5) is 7.36. The zero-order valence-corrected chi connectivity index (χ0v) is 10.0. The molecule has 0 spiro atoms. The van der Waals surface area contributed by atoms with Gasteiger partial charge in [0.05, 0.1) is 18.1 Å². The number of alkyl halides is 2. The van der Waals surface area contributed by atoms with Crippen molar-refractivity contribution < 1.29 is 8.78 Å². The van der Waals surface area contributed by atoms with Gasteiger partial charge in [-0.25, -0.2) is 0 Å². The maximum absolute atomic E-state index is 13.0. The van der Waals surface area contributed by atoms with Gasteiger partial charge in [0, 0.05) is 6.42 Å². The van der Waals surface area contributed by atoms with Crippen LogP contribution >= 0.6 is 0 Å². The van der Waals surface area contributed by atoms with E-state index >= 15 is 0 Å². The predicted octanol–water partition coefficient (Wildman–Crippen LogP) is 3.81. The molecule has 3 N–H and O–H groups in total. The maximum Gasteiger partial charge on any atom is 0.290 e. The first-order chi connectivity index (χ1) is 7.10. The number of hydrogen-bond acceptors (Lipinski definition) is 3. The van der Waals surface area contributed by atoms with Gasteiger partial charge in [-0.2, -0.15) is 8.78 Å². The zero-order valence-electron chi connectivity index (χ0n) is 10.0. The van der Waals surface area contributed by atoms with Crippen molar-refractivity contribution in [3.05, 3.63) is 30.4 Å². The SMILES string of the molecule is C=Cc1cnc(C(F)(F)CC)cn1.CC.N. The fourth-order valence-electron chi connectivity index (χ4n) is 0.813. The minimum Gasteiger partial charge on any atom is -0.344 e. The molecule has 0 amide bonds. The first kappa shape index (κ1) is 17.0. The Balaban J connectivity index is 0. The molecule has 92 valence electrons. The topological polar surface area (TPSA) is 60.8 Å². The van der Waals surface area contributed by atoms with E-state index in [2.05, 4.69) is 16.5 Å². The standard InChI is InChI=1S/C9H10F2N2.C2H6.H3N/c1-3-7-5-13-8(6-12-7)9(10,11)4-2;1-2;/h3,5-6H,1,4H2,2H3;1-2H3;1H3. The molecule has 5 heteroatoms. The molecule has 16 heavy (non-hydrogen) atoms. The molecule has 1 rings (SSSR count). The summed E-state index contributed by atoms with van der Waals surface area (Å²) < 4.78 is 26.0. The van der Waals surface area contributed by atoms with Crippen LogP contribution in [0.5, 0.6) is 0 Å². The Morgan fingerprint density at radius 1 is 1.31 bits per heavy atom. The normalized spacial score (nSPS) is 9.56. The first-order valence-corrected chi connectivity index (χ1v) is 4.93. The van der Waals surface area contributed by atoms with Crippen LogP contribution in [-0.4, -0.2) is 9.97 Å². The fourth-order valence-corrected chi connectivity index (χ4v) is 0.813. The monoisotopic (exact) mass is 231 g/mol. The van der Waals surface area contributed by atoms with Gasteiger partial charge in [0.25, 0.3) is 5.92 Å². The molecular formula is C11H19F2N3. The molecule has 0 aliphatic carbocycles. The summed E-state index contributed by atoms with van der Waals surface area (Å²) in [5.41, 5.74) is 0.205. The van der Waals surface area contributed by atoms with Crippen molar-refractivity contribution >= 4 is 6.08 Å². The second-order valence-electron chi connectivity index (χ2n) is 2.59. The van der Waals surface area contributed by atoms with Gasteiger partial charge in [-0.1, -0.05) is 27.4 Å². The second kappa shape index (κ2) is 7.87. The van der Waals surface area contributed by atoms with Crippen molar-refractivity contribution in [3.8, 4) is 0 Å². The Morgan fingerprint density at radius 2 is 1.88 bits per heavy atom. The first-order valence-electron chi connectivity index (χ1n) is 4.93. The Hall–Kier alpha value is -1.36. The Kier molecular flexibility index (Phi) is 8.39. The summed E-state index contributed by atoms with van der Waals surface area (Å²) in [5.74, 6) is -2.88. The lowest BCUT2D eigenvalue weighted by molar-refractivity contribution is -0.0131. The molecule has 0 atom stereocenters. The largest absolute Gasteiger partial charge is 0.344 e. The molecule has 0 unspecified atom stereocenters. The molecule has 0 saturated heterocycles. The number of halogens is 2. The summed E-state index contributed by atoms with van der Waals surface area (Å²) in [5, 5.41) is 0. The highest BCUT2D eigenvalue weighted by molar-refractivity contribution is 5.39. The van der Waals surface area contributed by atoms with E-state index < -0.39 is 5.92 Å². The summed E-state index contributed by atoms with van der Waals surface area (Å²) >= 11 is 0. The van der Waals surface area contributed by atoms with Crippen LogP contribution in [0.1, 0.15) is 38.6 Å². The van der Waals surface area contributed by atoms with Crippen LogP contribution in [0.3, 0.4) is 0 Å². The Labute approximate surface area is 95.2 Å². The number of rotatable bonds is 3. The van der Waals surface area contributed by atoms with Crippen LogP contribution in [0.25, 0.3) is 6.08 Å². The van der Waals surface area contributed by atoms with Crippen LogP contribution in [0.15, 0.2) is 19.0 Å². The Bertz CT molecular complexity index is 297. The molecule has 0 aromatic carbocycles. The van der Waals surface area contributed by atoms with Gasteiger partial charge in [0.15, 0.2) is 0 Å². The van der Waals surface area contributed by atoms with Gasteiger partial charge in [-0.05, 0) is 6.08 Å². The van der Waals surface area contributed by atoms with Crippen molar-refractivity contribution in [2.45, 2.75) is 33.1 Å². The van der Waals surface area contributed by atoms with E-state index in [1.54, 1.807) is 0 Å². The Morgan fingerprint density at radius 3 is 2.19 bits per heavy atom. The molecule has 1 aromatic heterocycles. The van der Waals surface area contributed by atoms with Crippen molar-refractivity contribution in [1.82, 2.24) is 16.1 Å². The van der Waals surface area contributed by atoms with Crippen LogP contribution in [0.4, 0.5) is 8.78 Å². The third-order valence-electron chi connectivity index (χ3n) is 1.70. The van der Waals surface area contributed by atoms with Gasteiger partial charge >= 0.3 is 0 Å². The smallest absolute Gasteiger partial charge is 0.290 e. The van der Waals surface area contributed by atoms with Crippen LogP contribution in [-0.2, 0) is 5.92 Å². The van der Waals surface area contributed by atoms with E-state index in [0.29, 0.717) is 5.69 Å². The van der Waals surface area contributed by atoms with Crippen molar-refractivity contribution in [1.29, 1.82) is 0 Å². The van der Waals surface area contributed by atoms with Gasteiger partial charge in [-0.3, -0.25) is 9.97 Å². The predicted molar refractivity (Wildman–Crippen MR) is 62.7 cm³/mol. The molecule has 0 bridgehead atoms. The van der Waals surface area contributed by atoms with E-state index in [-0.39, 0.29) is 18.3 Å². The number of hydrogen-bond donors (Lipinski definition) is 1. The maximum atomic E-state index is 13.0. The van der Waals surface area contributed by atoms with E-state index in [1.807, 2.05) is 13.8 Å². The van der Waals surface area contributed by atoms with E-state index in [4.69, 9.17) is 0 Å². The highest BCUT2D eigenvalue weighted by Gasteiger charge is 2.30. The molecule has 3 nitrogen and oxygen atoms in total. The highest BCUT2D eigenvalue weighted by Crippen LogP contribution is 2.28. The second-order valence-corrected chi connectivity index (χ2v) is 2.59. The third kappa shape index (κ3) is 4.44. The van der Waals surface area contributed by atoms with E-state index in [0.717, 1.165) is 6.20 Å². The molecule has 0 fully saturated rings. The molecule has 0 radical (unpaired) electrons. The molecule has 0 aliphatic rings. The molecule has 1 heterocycles. The lowest BCUT2D eigenvalue weighted by Gasteiger charge is -2.11. The average Bonchev–Trinajstić information content (AvgIpc) is 2.32. The fraction of sp³-hybridized carbons (Fsp3) is 0.455. The highest BCUT2D eigenvalue weighted by atomic mass is 19.3. The van der Waals surface area contributed by atoms with Crippen molar-refractivity contribution in [2.75, 3.05) is 0 Å². The summed E-state index contributed by atoms with van der Waals surface area (Å²) in [6, 6.07) is 0. The zero-order chi connectivity index (χ0) is 11.9. The lowest BCUT2D eigenvalue weighted by Crippen LogP contribution is -2.14. The van der Waals surface area contributed by atoms with Crippen molar-refractivity contribution in [2.24, 2.45) is 0 Å². The van der Waals surface area contributed by atoms with Crippen LogP contribution in [0, 0.1) is 0 Å². The van der Waals surface area contributed by atoms with Gasteiger partial charge in [0.1, 0.15) is 5.69 Å². The molecular weight excluding hydrogens is 212 g/mol. The summed E-state index contributed by atoms with van der Waals surface area (Å²) in [6.45, 7) is 8.86. The third-order valence-corrected chi connectivity index (χ3v) is 1.70. The summed E-state index contributed by atoms with van der Waals surface area (Å²) in [7, 11) is 0. The van der Waals surface area contributed by atoms with Gasteiger partial charge in [0.2, 0.25) is 0 Å². The van der Waals surface area contributed by atoms with E-state index in [9.17, 15) is 8.78 Å². The van der Waals surface area contributed by atoms with Crippen LogP contribution < -0.4 is 6.15 Å². The lowest BCUT2D eigenvalue weighted by atomic mass is 10.2. The minimum absolute atomic E-state index is 0. The van der Waals surface area contributed by atoms with E-state index in [1.165, 1.54) is 19.2 Å². The van der Waals surface area contributed by atoms with Gasteiger partial charge < -0.3 is 6.15 Å². The van der Waals surface area contributed by atoms with Crippen LogP contribution in [0.2, 0.25) is 0 Å². The average molecular weight is 231 g/mol. The molecule has 1 aromatic rings.